The Morgan fingerprint density at radius 3 is 1.04 bits per heavy atom. The van der Waals surface area contributed by atoms with E-state index in [1.807, 2.05) is 48.5 Å². The van der Waals surface area contributed by atoms with Gasteiger partial charge in [-0.3, -0.25) is 0 Å². The zero-order chi connectivity index (χ0) is 19.6. The molecular formula is C24H26O4. The Balaban J connectivity index is 1.63. The molecule has 4 nitrogen and oxygen atoms in total. The van der Waals surface area contributed by atoms with Gasteiger partial charge in [0.05, 0.1) is 13.2 Å². The van der Waals surface area contributed by atoms with Crippen molar-refractivity contribution in [3.63, 3.8) is 0 Å². The summed E-state index contributed by atoms with van der Waals surface area (Å²) in [4.78, 5) is 0. The first-order valence-corrected chi connectivity index (χ1v) is 9.58. The first-order chi connectivity index (χ1) is 13.8. The molecule has 0 fully saturated rings. The molecule has 0 radical (unpaired) electrons. The van der Waals surface area contributed by atoms with Crippen LogP contribution in [0.25, 0.3) is 22.3 Å². The summed E-state index contributed by atoms with van der Waals surface area (Å²) in [6.07, 6.45) is 1.28. The Labute approximate surface area is 166 Å². The van der Waals surface area contributed by atoms with Crippen molar-refractivity contribution in [2.45, 2.75) is 12.8 Å². The van der Waals surface area contributed by atoms with E-state index in [9.17, 15) is 0 Å². The first-order valence-electron chi connectivity index (χ1n) is 9.58. The maximum absolute atomic E-state index is 8.80. The van der Waals surface area contributed by atoms with Gasteiger partial charge in [0.15, 0.2) is 0 Å². The number of aliphatic hydroxyl groups excluding tert-OH is 2. The largest absolute Gasteiger partial charge is 0.494 e. The third kappa shape index (κ3) is 5.59. The van der Waals surface area contributed by atoms with Gasteiger partial charge in [-0.2, -0.15) is 0 Å². The van der Waals surface area contributed by atoms with E-state index < -0.39 is 0 Å². The Hall–Kier alpha value is -2.82. The summed E-state index contributed by atoms with van der Waals surface area (Å²) in [5.41, 5.74) is 4.56. The van der Waals surface area contributed by atoms with Gasteiger partial charge < -0.3 is 19.7 Å². The summed E-state index contributed by atoms with van der Waals surface area (Å²) in [6.45, 7) is 1.33. The Kier molecular flexibility index (Phi) is 7.47. The van der Waals surface area contributed by atoms with E-state index in [2.05, 4.69) is 24.3 Å². The highest BCUT2D eigenvalue weighted by Gasteiger charge is 2.02. The number of hydrogen-bond donors (Lipinski definition) is 2. The van der Waals surface area contributed by atoms with Crippen LogP contribution in [-0.2, 0) is 0 Å². The van der Waals surface area contributed by atoms with Crippen LogP contribution in [0.3, 0.4) is 0 Å². The van der Waals surface area contributed by atoms with Crippen LogP contribution < -0.4 is 9.47 Å². The average molecular weight is 378 g/mol. The Morgan fingerprint density at radius 2 is 0.750 bits per heavy atom. The van der Waals surface area contributed by atoms with Crippen LogP contribution in [0.4, 0.5) is 0 Å². The topological polar surface area (TPSA) is 58.9 Å². The lowest BCUT2D eigenvalue weighted by atomic mass is 10.0. The van der Waals surface area contributed by atoms with Gasteiger partial charge >= 0.3 is 0 Å². The molecule has 3 aromatic carbocycles. The van der Waals surface area contributed by atoms with Crippen molar-refractivity contribution in [1.82, 2.24) is 0 Å². The molecule has 0 amide bonds. The zero-order valence-electron chi connectivity index (χ0n) is 15.9. The molecule has 0 aliphatic carbocycles. The zero-order valence-corrected chi connectivity index (χ0v) is 15.9. The SMILES string of the molecule is OCCCOc1ccc(-c2ccc(-c3ccc(OCCCO)cc3)cc2)cc1. The fourth-order valence-electron chi connectivity index (χ4n) is 2.85. The lowest BCUT2D eigenvalue weighted by Gasteiger charge is -2.09. The van der Waals surface area contributed by atoms with Gasteiger partial charge in [-0.05, 0) is 46.5 Å². The molecule has 3 rings (SSSR count). The fourth-order valence-corrected chi connectivity index (χ4v) is 2.85. The summed E-state index contributed by atoms with van der Waals surface area (Å²) >= 11 is 0. The molecule has 4 heteroatoms. The molecular weight excluding hydrogens is 352 g/mol. The van der Waals surface area contributed by atoms with E-state index in [1.54, 1.807) is 0 Å². The molecule has 2 N–H and O–H groups in total. The van der Waals surface area contributed by atoms with Gasteiger partial charge in [-0.25, -0.2) is 0 Å². The van der Waals surface area contributed by atoms with Crippen LogP contribution in [-0.4, -0.2) is 36.6 Å². The number of rotatable bonds is 10. The molecule has 0 unspecified atom stereocenters. The standard InChI is InChI=1S/C24H26O4/c25-15-1-17-27-23-11-7-21(8-12-23)19-3-5-20(6-4-19)22-9-13-24(14-10-22)28-18-2-16-26/h3-14,25-26H,1-2,15-18H2. The lowest BCUT2D eigenvalue weighted by molar-refractivity contribution is 0.233. The van der Waals surface area contributed by atoms with Crippen molar-refractivity contribution in [3.8, 4) is 33.8 Å². The summed E-state index contributed by atoms with van der Waals surface area (Å²) in [5.74, 6) is 1.63. The van der Waals surface area contributed by atoms with E-state index in [1.165, 1.54) is 0 Å². The van der Waals surface area contributed by atoms with Crippen molar-refractivity contribution in [3.05, 3.63) is 72.8 Å². The molecule has 0 saturated heterocycles. The van der Waals surface area contributed by atoms with Gasteiger partial charge in [0, 0.05) is 26.1 Å². The van der Waals surface area contributed by atoms with Crippen LogP contribution in [0, 0.1) is 0 Å². The van der Waals surface area contributed by atoms with Crippen LogP contribution in [0.15, 0.2) is 72.8 Å². The van der Waals surface area contributed by atoms with E-state index in [4.69, 9.17) is 19.7 Å². The van der Waals surface area contributed by atoms with Gasteiger partial charge in [0.2, 0.25) is 0 Å². The lowest BCUT2D eigenvalue weighted by Crippen LogP contribution is -1.99. The average Bonchev–Trinajstić information content (AvgIpc) is 2.75. The van der Waals surface area contributed by atoms with E-state index in [-0.39, 0.29) is 13.2 Å². The van der Waals surface area contributed by atoms with Crippen molar-refractivity contribution < 1.29 is 19.7 Å². The molecule has 28 heavy (non-hydrogen) atoms. The summed E-state index contributed by atoms with van der Waals surface area (Å²) in [5, 5.41) is 17.6. The van der Waals surface area contributed by atoms with Gasteiger partial charge in [0.1, 0.15) is 11.5 Å². The second-order valence-corrected chi connectivity index (χ2v) is 6.48. The second-order valence-electron chi connectivity index (χ2n) is 6.48. The fraction of sp³-hybridized carbons (Fsp3) is 0.250. The number of aliphatic hydroxyl groups is 2. The minimum atomic E-state index is 0.143. The quantitative estimate of drug-likeness (QED) is 0.509. The van der Waals surface area contributed by atoms with Crippen LogP contribution >= 0.6 is 0 Å². The monoisotopic (exact) mass is 378 g/mol. The summed E-state index contributed by atoms with van der Waals surface area (Å²) in [7, 11) is 0. The molecule has 0 atom stereocenters. The first kappa shape index (κ1) is 19.9. The summed E-state index contributed by atoms with van der Waals surface area (Å²) < 4.78 is 11.1. The van der Waals surface area contributed by atoms with E-state index >= 15 is 0 Å². The highest BCUT2D eigenvalue weighted by atomic mass is 16.5. The molecule has 0 aliphatic rings. The minimum absolute atomic E-state index is 0.143. The molecule has 3 aromatic rings. The maximum Gasteiger partial charge on any atom is 0.119 e. The van der Waals surface area contributed by atoms with Gasteiger partial charge in [-0.1, -0.05) is 48.5 Å². The third-order valence-electron chi connectivity index (χ3n) is 4.40. The van der Waals surface area contributed by atoms with Crippen molar-refractivity contribution in [1.29, 1.82) is 0 Å². The Morgan fingerprint density at radius 1 is 0.464 bits per heavy atom. The molecule has 0 aliphatic heterocycles. The maximum atomic E-state index is 8.80. The normalized spacial score (nSPS) is 10.6. The predicted octanol–water partition coefficient (Wildman–Crippen LogP) is 4.54. The molecule has 0 spiro atoms. The third-order valence-corrected chi connectivity index (χ3v) is 4.40. The smallest absolute Gasteiger partial charge is 0.119 e. The van der Waals surface area contributed by atoms with E-state index in [0.717, 1.165) is 33.8 Å². The van der Waals surface area contributed by atoms with Crippen LogP contribution in [0.5, 0.6) is 11.5 Å². The summed E-state index contributed by atoms with van der Waals surface area (Å²) in [6, 6.07) is 24.4. The van der Waals surface area contributed by atoms with Crippen molar-refractivity contribution >= 4 is 0 Å². The minimum Gasteiger partial charge on any atom is -0.494 e. The second kappa shape index (κ2) is 10.5. The number of hydrogen-bond acceptors (Lipinski definition) is 4. The van der Waals surface area contributed by atoms with Gasteiger partial charge in [0.25, 0.3) is 0 Å². The number of benzene rings is 3. The predicted molar refractivity (Wildman–Crippen MR) is 112 cm³/mol. The highest BCUT2D eigenvalue weighted by molar-refractivity contribution is 5.71. The molecule has 0 saturated carbocycles. The Bertz CT molecular complexity index is 751. The molecule has 0 aromatic heterocycles. The number of ether oxygens (including phenoxy) is 2. The molecule has 0 bridgehead atoms. The molecule has 146 valence electrons. The van der Waals surface area contributed by atoms with Gasteiger partial charge in [-0.15, -0.1) is 0 Å². The van der Waals surface area contributed by atoms with Crippen molar-refractivity contribution in [2.24, 2.45) is 0 Å². The van der Waals surface area contributed by atoms with Crippen molar-refractivity contribution in [2.75, 3.05) is 26.4 Å². The van der Waals surface area contributed by atoms with Crippen LogP contribution in [0.1, 0.15) is 12.8 Å². The van der Waals surface area contributed by atoms with Crippen LogP contribution in [0.2, 0.25) is 0 Å². The highest BCUT2D eigenvalue weighted by Crippen LogP contribution is 2.27. The molecule has 0 heterocycles. The van der Waals surface area contributed by atoms with E-state index in [0.29, 0.717) is 26.1 Å².